The van der Waals surface area contributed by atoms with Crippen LogP contribution in [0.25, 0.3) is 11.1 Å². The lowest BCUT2D eigenvalue weighted by Crippen LogP contribution is -2.30. The largest absolute Gasteiger partial charge is 0.464 e. The second-order valence-corrected chi connectivity index (χ2v) is 11.7. The maximum absolute atomic E-state index is 13.7. The standard InChI is InChI=1S/C35H44O2/c1-24(2)18-20-26(5)27-12-6-7-13-29(28(22-27)21-19-25(3)4)35(36)37-23-34-32-16-10-8-14-30(32)31-15-9-11-17-33(31)34/h6-11,14-19,26-29,34H,12-13,20-23H2,1-5H3/b7-6-. The minimum atomic E-state index is -0.0998. The zero-order chi connectivity index (χ0) is 26.4. The minimum Gasteiger partial charge on any atom is -0.464 e. The lowest BCUT2D eigenvalue weighted by molar-refractivity contribution is -0.151. The first-order valence-electron chi connectivity index (χ1n) is 14.1. The van der Waals surface area contributed by atoms with Crippen molar-refractivity contribution in [2.24, 2.45) is 23.7 Å². The van der Waals surface area contributed by atoms with Crippen LogP contribution in [0.15, 0.2) is 84.0 Å². The summed E-state index contributed by atoms with van der Waals surface area (Å²) in [6, 6.07) is 17.1. The molecule has 0 amide bonds. The van der Waals surface area contributed by atoms with Crippen LogP contribution in [-0.2, 0) is 9.53 Å². The third-order valence-corrected chi connectivity index (χ3v) is 8.36. The molecule has 2 aromatic carbocycles. The minimum absolute atomic E-state index is 0.0312. The van der Waals surface area contributed by atoms with Gasteiger partial charge in [0.05, 0.1) is 5.92 Å². The van der Waals surface area contributed by atoms with Crippen LogP contribution in [0.1, 0.15) is 83.8 Å². The number of carbonyl (C=O) groups is 1. The molecule has 0 heterocycles. The smallest absolute Gasteiger partial charge is 0.309 e. The van der Waals surface area contributed by atoms with Gasteiger partial charge in [0.1, 0.15) is 6.61 Å². The molecule has 37 heavy (non-hydrogen) atoms. The Labute approximate surface area is 224 Å². The highest BCUT2D eigenvalue weighted by Gasteiger charge is 2.34. The number of benzene rings is 2. The fourth-order valence-electron chi connectivity index (χ4n) is 6.08. The number of hydrogen-bond acceptors (Lipinski definition) is 2. The van der Waals surface area contributed by atoms with Gasteiger partial charge in [-0.2, -0.15) is 0 Å². The molecular weight excluding hydrogens is 452 g/mol. The summed E-state index contributed by atoms with van der Waals surface area (Å²) in [7, 11) is 0. The van der Waals surface area contributed by atoms with Gasteiger partial charge in [-0.3, -0.25) is 4.79 Å². The summed E-state index contributed by atoms with van der Waals surface area (Å²) < 4.78 is 6.18. The summed E-state index contributed by atoms with van der Waals surface area (Å²) in [6.07, 6.45) is 14.2. The monoisotopic (exact) mass is 496 g/mol. The SMILES string of the molecule is CC(C)=CCC(C)C1C/C=C\CC(C(=O)OCC2c3ccccc3-c3ccccc32)C(CC=C(C)C)C1. The fraction of sp³-hybridized carbons (Fsp3) is 0.457. The molecule has 2 aliphatic rings. The molecule has 0 radical (unpaired) electrons. The Morgan fingerprint density at radius 2 is 1.49 bits per heavy atom. The van der Waals surface area contributed by atoms with Crippen LogP contribution >= 0.6 is 0 Å². The average molecular weight is 497 g/mol. The summed E-state index contributed by atoms with van der Waals surface area (Å²) >= 11 is 0. The molecule has 2 heteroatoms. The van der Waals surface area contributed by atoms with Gasteiger partial charge in [-0.1, -0.05) is 90.9 Å². The van der Waals surface area contributed by atoms with Crippen LogP contribution in [0.4, 0.5) is 0 Å². The number of fused-ring (bicyclic) bond motifs is 3. The summed E-state index contributed by atoms with van der Waals surface area (Å²) in [6.45, 7) is 11.4. The topological polar surface area (TPSA) is 26.3 Å². The van der Waals surface area contributed by atoms with Crippen molar-refractivity contribution in [2.45, 2.75) is 72.6 Å². The van der Waals surface area contributed by atoms with Crippen LogP contribution in [0.3, 0.4) is 0 Å². The van der Waals surface area contributed by atoms with Gasteiger partial charge in [0.25, 0.3) is 0 Å². The number of rotatable bonds is 8. The molecule has 0 N–H and O–H groups in total. The molecule has 4 atom stereocenters. The van der Waals surface area contributed by atoms with Crippen molar-refractivity contribution < 1.29 is 9.53 Å². The molecule has 2 aromatic rings. The van der Waals surface area contributed by atoms with Gasteiger partial charge >= 0.3 is 5.97 Å². The van der Waals surface area contributed by atoms with E-state index in [1.807, 2.05) is 0 Å². The molecule has 0 fully saturated rings. The van der Waals surface area contributed by atoms with E-state index >= 15 is 0 Å². The number of allylic oxidation sites excluding steroid dienone is 6. The molecule has 4 unspecified atom stereocenters. The summed E-state index contributed by atoms with van der Waals surface area (Å²) in [4.78, 5) is 13.7. The van der Waals surface area contributed by atoms with Crippen LogP contribution in [-0.4, -0.2) is 12.6 Å². The Bertz CT molecular complexity index is 1110. The van der Waals surface area contributed by atoms with E-state index < -0.39 is 0 Å². The van der Waals surface area contributed by atoms with Crippen molar-refractivity contribution in [1.29, 1.82) is 0 Å². The number of hydrogen-bond donors (Lipinski definition) is 0. The Hall–Kier alpha value is -2.87. The lowest BCUT2D eigenvalue weighted by atomic mass is 9.73. The third kappa shape index (κ3) is 6.72. The van der Waals surface area contributed by atoms with Gasteiger partial charge in [0, 0.05) is 5.92 Å². The van der Waals surface area contributed by atoms with E-state index in [9.17, 15) is 4.79 Å². The normalized spacial score (nSPS) is 22.6. The Morgan fingerprint density at radius 3 is 2.11 bits per heavy atom. The van der Waals surface area contributed by atoms with Crippen molar-refractivity contribution in [2.75, 3.05) is 6.61 Å². The van der Waals surface area contributed by atoms with Gasteiger partial charge in [-0.05, 0) is 99.8 Å². The molecule has 0 aromatic heterocycles. The molecule has 2 nitrogen and oxygen atoms in total. The van der Waals surface area contributed by atoms with Crippen LogP contribution in [0, 0.1) is 23.7 Å². The molecule has 2 aliphatic carbocycles. The van der Waals surface area contributed by atoms with Crippen LogP contribution in [0.2, 0.25) is 0 Å². The van der Waals surface area contributed by atoms with E-state index in [0.29, 0.717) is 24.4 Å². The zero-order valence-electron chi connectivity index (χ0n) is 23.4. The highest BCUT2D eigenvalue weighted by Crippen LogP contribution is 2.45. The van der Waals surface area contributed by atoms with E-state index in [0.717, 1.165) is 32.1 Å². The lowest BCUT2D eigenvalue weighted by Gasteiger charge is -2.32. The first-order chi connectivity index (χ1) is 17.8. The zero-order valence-corrected chi connectivity index (χ0v) is 23.4. The van der Waals surface area contributed by atoms with Gasteiger partial charge in [0.15, 0.2) is 0 Å². The molecule has 0 aliphatic heterocycles. The van der Waals surface area contributed by atoms with Gasteiger partial charge < -0.3 is 4.74 Å². The maximum atomic E-state index is 13.7. The van der Waals surface area contributed by atoms with E-state index in [-0.39, 0.29) is 17.8 Å². The van der Waals surface area contributed by atoms with Gasteiger partial charge in [-0.15, -0.1) is 0 Å². The molecule has 4 rings (SSSR count). The molecule has 0 spiro atoms. The Morgan fingerprint density at radius 1 is 0.892 bits per heavy atom. The van der Waals surface area contributed by atoms with Crippen molar-refractivity contribution in [3.8, 4) is 11.1 Å². The van der Waals surface area contributed by atoms with E-state index in [1.165, 1.54) is 33.4 Å². The molecular formula is C35H44O2. The second kappa shape index (κ2) is 12.6. The summed E-state index contributed by atoms with van der Waals surface area (Å²) in [5.74, 6) is 1.44. The first kappa shape index (κ1) is 27.2. The molecule has 0 saturated heterocycles. The highest BCUT2D eigenvalue weighted by atomic mass is 16.5. The van der Waals surface area contributed by atoms with Crippen molar-refractivity contribution in [3.63, 3.8) is 0 Å². The highest BCUT2D eigenvalue weighted by molar-refractivity contribution is 5.79. The van der Waals surface area contributed by atoms with Crippen LogP contribution < -0.4 is 0 Å². The van der Waals surface area contributed by atoms with E-state index in [4.69, 9.17) is 4.74 Å². The quantitative estimate of drug-likeness (QED) is 0.269. The number of carbonyl (C=O) groups excluding carboxylic acids is 1. The maximum Gasteiger partial charge on any atom is 0.309 e. The Balaban J connectivity index is 1.51. The third-order valence-electron chi connectivity index (χ3n) is 8.36. The summed E-state index contributed by atoms with van der Waals surface area (Å²) in [5.41, 5.74) is 7.76. The van der Waals surface area contributed by atoms with Crippen molar-refractivity contribution in [3.05, 3.63) is 95.1 Å². The average Bonchev–Trinajstić information content (AvgIpc) is 3.19. The fourth-order valence-corrected chi connectivity index (χ4v) is 6.08. The second-order valence-electron chi connectivity index (χ2n) is 11.7. The Kier molecular flexibility index (Phi) is 9.24. The first-order valence-corrected chi connectivity index (χ1v) is 14.1. The predicted molar refractivity (Wildman–Crippen MR) is 155 cm³/mol. The van der Waals surface area contributed by atoms with E-state index in [1.54, 1.807) is 0 Å². The van der Waals surface area contributed by atoms with Crippen molar-refractivity contribution >= 4 is 5.97 Å². The molecule has 196 valence electrons. The molecule has 0 bridgehead atoms. The van der Waals surface area contributed by atoms with Gasteiger partial charge in [-0.25, -0.2) is 0 Å². The van der Waals surface area contributed by atoms with Crippen LogP contribution in [0.5, 0.6) is 0 Å². The summed E-state index contributed by atoms with van der Waals surface area (Å²) in [5, 5.41) is 0. The predicted octanol–water partition coefficient (Wildman–Crippen LogP) is 9.28. The van der Waals surface area contributed by atoms with E-state index in [2.05, 4.69) is 107 Å². The van der Waals surface area contributed by atoms with Gasteiger partial charge in [0.2, 0.25) is 0 Å². The number of ether oxygens (including phenoxy) is 1. The van der Waals surface area contributed by atoms with Crippen molar-refractivity contribution in [1.82, 2.24) is 0 Å². The number of esters is 1. The molecule has 0 saturated carbocycles.